The van der Waals surface area contributed by atoms with Crippen molar-refractivity contribution in [3.05, 3.63) is 47.8 Å². The number of rotatable bonds is 7. The van der Waals surface area contributed by atoms with Gasteiger partial charge in [0.15, 0.2) is 0 Å². The van der Waals surface area contributed by atoms with E-state index in [2.05, 4.69) is 37.4 Å². The number of amides is 3. The molecular weight excluding hydrogens is 624 g/mol. The summed E-state index contributed by atoms with van der Waals surface area (Å²) in [6.45, 7) is 11.0. The Hall–Kier alpha value is -4.86. The number of fused-ring (bicyclic) bond motifs is 1. The van der Waals surface area contributed by atoms with Crippen LogP contribution in [0, 0.1) is 11.3 Å². The first kappa shape index (κ1) is 35.4. The number of alkyl carbamates (subject to hydrolysis) is 2. The predicted octanol–water partition coefficient (Wildman–Crippen LogP) is 6.08. The summed E-state index contributed by atoms with van der Waals surface area (Å²) in [5.74, 6) is -0.220. The first-order chi connectivity index (χ1) is 23.2. The third-order valence-corrected chi connectivity index (χ3v) is 8.63. The van der Waals surface area contributed by atoms with Crippen molar-refractivity contribution >= 4 is 29.3 Å². The molecule has 262 valence electrons. The standard InChI is InChI=1S/C36H48N8O5/c1-35(2,3)48-33(46)42-25-11-7-23(8-12-25)40-29-18-30(31-16-15-27-17-22(19-37)20-39-44(27)31)38-21-28(29)32(45)41-24-9-13-26(14-10-24)43-34(47)49-36(4,5)6/h15-18,20-21,23-26H,7-14H2,1-6H3,(H,38,40)(H,41,45)(H,42,46)(H,43,47)/t23-,24-,25-,26-. The quantitative estimate of drug-likeness (QED) is 0.232. The van der Waals surface area contributed by atoms with Gasteiger partial charge in [0.25, 0.3) is 5.91 Å². The van der Waals surface area contributed by atoms with Crippen LogP contribution >= 0.6 is 0 Å². The fraction of sp³-hybridized carbons (Fsp3) is 0.556. The first-order valence-electron chi connectivity index (χ1n) is 17.1. The fourth-order valence-corrected chi connectivity index (χ4v) is 6.35. The van der Waals surface area contributed by atoms with Crippen LogP contribution in [0.4, 0.5) is 15.3 Å². The van der Waals surface area contributed by atoms with Crippen LogP contribution in [0.25, 0.3) is 16.9 Å². The van der Waals surface area contributed by atoms with E-state index in [1.807, 2.05) is 59.7 Å². The average Bonchev–Trinajstić information content (AvgIpc) is 3.44. The van der Waals surface area contributed by atoms with E-state index in [9.17, 15) is 19.6 Å². The van der Waals surface area contributed by atoms with Gasteiger partial charge in [-0.3, -0.25) is 9.78 Å². The van der Waals surface area contributed by atoms with E-state index in [-0.39, 0.29) is 30.1 Å². The van der Waals surface area contributed by atoms with Crippen molar-refractivity contribution in [2.75, 3.05) is 5.32 Å². The predicted molar refractivity (Wildman–Crippen MR) is 185 cm³/mol. The number of nitrogens with zero attached hydrogens (tertiary/aromatic N) is 4. The second-order valence-corrected chi connectivity index (χ2v) is 15.0. The van der Waals surface area contributed by atoms with Gasteiger partial charge in [-0.25, -0.2) is 14.1 Å². The van der Waals surface area contributed by atoms with Gasteiger partial charge in [-0.2, -0.15) is 10.4 Å². The van der Waals surface area contributed by atoms with Gasteiger partial charge >= 0.3 is 12.2 Å². The van der Waals surface area contributed by atoms with Crippen LogP contribution < -0.4 is 21.3 Å². The molecule has 0 saturated heterocycles. The van der Waals surface area contributed by atoms with Crippen molar-refractivity contribution in [1.82, 2.24) is 30.5 Å². The maximum Gasteiger partial charge on any atom is 0.407 e. The van der Waals surface area contributed by atoms with Crippen LogP contribution in [-0.2, 0) is 9.47 Å². The molecule has 3 amide bonds. The monoisotopic (exact) mass is 672 g/mol. The summed E-state index contributed by atoms with van der Waals surface area (Å²) in [6, 6.07) is 9.58. The van der Waals surface area contributed by atoms with Gasteiger partial charge in [-0.1, -0.05) is 0 Å². The third-order valence-electron chi connectivity index (χ3n) is 8.63. The van der Waals surface area contributed by atoms with E-state index >= 15 is 0 Å². The minimum atomic E-state index is -0.563. The lowest BCUT2D eigenvalue weighted by molar-refractivity contribution is 0.0479. The third kappa shape index (κ3) is 9.84. The van der Waals surface area contributed by atoms with Gasteiger partial charge in [0.05, 0.1) is 39.9 Å². The lowest BCUT2D eigenvalue weighted by Gasteiger charge is -2.32. The van der Waals surface area contributed by atoms with Crippen LogP contribution in [0.15, 0.2) is 36.7 Å². The minimum absolute atomic E-state index is 0.00386. The highest BCUT2D eigenvalue weighted by atomic mass is 16.6. The summed E-state index contributed by atoms with van der Waals surface area (Å²) in [7, 11) is 0. The molecule has 0 aromatic carbocycles. The summed E-state index contributed by atoms with van der Waals surface area (Å²) in [5, 5.41) is 26.5. The Labute approximate surface area is 287 Å². The molecule has 49 heavy (non-hydrogen) atoms. The van der Waals surface area contributed by atoms with Crippen molar-refractivity contribution < 1.29 is 23.9 Å². The van der Waals surface area contributed by atoms with E-state index in [1.54, 1.807) is 16.8 Å². The van der Waals surface area contributed by atoms with E-state index in [4.69, 9.17) is 9.47 Å². The van der Waals surface area contributed by atoms with Gasteiger partial charge < -0.3 is 30.7 Å². The molecular formula is C36H48N8O5. The molecule has 13 heteroatoms. The van der Waals surface area contributed by atoms with Crippen molar-refractivity contribution in [2.24, 2.45) is 0 Å². The summed E-state index contributed by atoms with van der Waals surface area (Å²) in [6.07, 6.45) is 8.31. The second-order valence-electron chi connectivity index (χ2n) is 15.0. The van der Waals surface area contributed by atoms with Crippen LogP contribution in [0.1, 0.15) is 109 Å². The number of nitrogens with one attached hydrogen (secondary N) is 4. The van der Waals surface area contributed by atoms with Crippen molar-refractivity contribution in [2.45, 2.75) is 128 Å². The highest BCUT2D eigenvalue weighted by Gasteiger charge is 2.29. The summed E-state index contributed by atoms with van der Waals surface area (Å²) in [5.41, 5.74) is 2.56. The molecule has 2 saturated carbocycles. The zero-order valence-corrected chi connectivity index (χ0v) is 29.3. The lowest BCUT2D eigenvalue weighted by Crippen LogP contribution is -2.45. The van der Waals surface area contributed by atoms with E-state index in [1.165, 1.54) is 6.20 Å². The maximum atomic E-state index is 13.8. The van der Waals surface area contributed by atoms with Gasteiger partial charge in [0.1, 0.15) is 17.3 Å². The topological polar surface area (TPSA) is 172 Å². The smallest absolute Gasteiger partial charge is 0.407 e. The molecule has 2 aliphatic carbocycles. The van der Waals surface area contributed by atoms with Gasteiger partial charge in [-0.05, 0) is 117 Å². The molecule has 4 N–H and O–H groups in total. The Morgan fingerprint density at radius 2 is 1.31 bits per heavy atom. The SMILES string of the molecule is CC(C)(C)OC(=O)N[C@H]1CC[C@H](NC(=O)c2cnc(-c3ccc4cc(C#N)cnn34)cc2N[C@H]2CC[C@H](NC(=O)OC(C)(C)C)CC2)CC1. The number of carbonyl (C=O) groups excluding carboxylic acids is 3. The number of ether oxygens (including phenoxy) is 2. The maximum absolute atomic E-state index is 13.8. The van der Waals surface area contributed by atoms with Crippen molar-refractivity contribution in [3.8, 4) is 17.5 Å². The van der Waals surface area contributed by atoms with Crippen molar-refractivity contribution in [3.63, 3.8) is 0 Å². The normalized spacial score (nSPS) is 21.2. The number of carbonyl (C=O) groups is 3. The molecule has 0 spiro atoms. The van der Waals surface area contributed by atoms with Crippen LogP contribution in [0.2, 0.25) is 0 Å². The zero-order chi connectivity index (χ0) is 35.3. The van der Waals surface area contributed by atoms with E-state index in [0.29, 0.717) is 22.5 Å². The molecule has 0 atom stereocenters. The lowest BCUT2D eigenvalue weighted by atomic mass is 9.90. The Bertz CT molecular complexity index is 1700. The molecule has 3 aromatic heterocycles. The average molecular weight is 673 g/mol. The number of aromatic nitrogens is 3. The molecule has 0 radical (unpaired) electrons. The summed E-state index contributed by atoms with van der Waals surface area (Å²) >= 11 is 0. The molecule has 3 aromatic rings. The number of anilines is 1. The van der Waals surface area contributed by atoms with Crippen LogP contribution in [0.5, 0.6) is 0 Å². The van der Waals surface area contributed by atoms with Crippen molar-refractivity contribution in [1.29, 1.82) is 5.26 Å². The number of hydrogen-bond donors (Lipinski definition) is 4. The summed E-state index contributed by atoms with van der Waals surface area (Å²) < 4.78 is 12.6. The zero-order valence-electron chi connectivity index (χ0n) is 29.3. The van der Waals surface area contributed by atoms with Crippen LogP contribution in [0.3, 0.4) is 0 Å². The fourth-order valence-electron chi connectivity index (χ4n) is 6.35. The van der Waals surface area contributed by atoms with Gasteiger partial charge in [0, 0.05) is 30.4 Å². The Morgan fingerprint density at radius 1 is 0.776 bits per heavy atom. The summed E-state index contributed by atoms with van der Waals surface area (Å²) in [4.78, 5) is 43.0. The highest BCUT2D eigenvalue weighted by molar-refractivity contribution is 6.00. The second kappa shape index (κ2) is 14.7. The highest BCUT2D eigenvalue weighted by Crippen LogP contribution is 2.29. The molecule has 2 aliphatic rings. The van der Waals surface area contributed by atoms with E-state index < -0.39 is 23.4 Å². The molecule has 0 unspecified atom stereocenters. The molecule has 0 bridgehead atoms. The molecule has 13 nitrogen and oxygen atoms in total. The largest absolute Gasteiger partial charge is 0.444 e. The number of nitriles is 1. The van der Waals surface area contributed by atoms with E-state index in [0.717, 1.165) is 62.6 Å². The Morgan fingerprint density at radius 3 is 1.84 bits per heavy atom. The van der Waals surface area contributed by atoms with Gasteiger partial charge in [0.2, 0.25) is 0 Å². The number of pyridine rings is 1. The Balaban J connectivity index is 1.28. The minimum Gasteiger partial charge on any atom is -0.444 e. The molecule has 3 heterocycles. The Kier molecular flexibility index (Phi) is 10.6. The molecule has 2 fully saturated rings. The van der Waals surface area contributed by atoms with Gasteiger partial charge in [-0.15, -0.1) is 0 Å². The molecule has 5 rings (SSSR count). The first-order valence-corrected chi connectivity index (χ1v) is 17.1. The van der Waals surface area contributed by atoms with Crippen LogP contribution in [-0.4, -0.2) is 68.1 Å². The number of hydrogen-bond acceptors (Lipinski definition) is 9. The molecule has 0 aliphatic heterocycles.